The second-order valence-corrected chi connectivity index (χ2v) is 7.01. The van der Waals surface area contributed by atoms with Gasteiger partial charge in [0.25, 0.3) is 5.22 Å². The average Bonchev–Trinajstić information content (AvgIpc) is 3.09. The molecule has 0 aliphatic heterocycles. The number of benzene rings is 2. The highest BCUT2D eigenvalue weighted by Gasteiger charge is 2.26. The fourth-order valence-corrected chi connectivity index (χ4v) is 3.34. The van der Waals surface area contributed by atoms with Crippen LogP contribution in [-0.4, -0.2) is 35.1 Å². The van der Waals surface area contributed by atoms with Crippen molar-refractivity contribution in [3.05, 3.63) is 65.2 Å². The van der Waals surface area contributed by atoms with Crippen LogP contribution in [0.4, 0.5) is 0 Å². The Labute approximate surface area is 155 Å². The van der Waals surface area contributed by atoms with Crippen molar-refractivity contribution in [2.24, 2.45) is 0 Å². The molecule has 1 atom stereocenters. The fraction of sp³-hybridized carbons (Fsp3) is 0.167. The molecule has 0 radical (unpaired) electrons. The Morgan fingerprint density at radius 3 is 2.40 bits per heavy atom. The van der Waals surface area contributed by atoms with E-state index in [0.717, 1.165) is 11.1 Å². The van der Waals surface area contributed by atoms with Crippen molar-refractivity contribution in [2.75, 3.05) is 14.1 Å². The van der Waals surface area contributed by atoms with Crippen LogP contribution < -0.4 is 0 Å². The molecule has 0 saturated heterocycles. The summed E-state index contributed by atoms with van der Waals surface area (Å²) >= 11 is 7.13. The zero-order valence-electron chi connectivity index (χ0n) is 13.7. The van der Waals surface area contributed by atoms with Crippen LogP contribution in [-0.2, 0) is 4.79 Å². The maximum atomic E-state index is 12.6. The molecule has 3 aromatic rings. The molecule has 1 heterocycles. The van der Waals surface area contributed by atoms with E-state index in [1.807, 2.05) is 42.5 Å². The number of carbonyl (C=O) groups is 1. The van der Waals surface area contributed by atoms with Crippen molar-refractivity contribution in [1.29, 1.82) is 0 Å². The zero-order chi connectivity index (χ0) is 17.8. The number of likely N-dealkylation sites (N-methyl/N-ethyl adjacent to an activating group) is 1. The number of thioether (sulfide) groups is 1. The molecule has 1 aromatic heterocycles. The normalized spacial score (nSPS) is 12.0. The van der Waals surface area contributed by atoms with E-state index in [-0.39, 0.29) is 5.91 Å². The summed E-state index contributed by atoms with van der Waals surface area (Å²) in [7, 11) is 3.46. The summed E-state index contributed by atoms with van der Waals surface area (Å²) in [6.07, 6.45) is 0. The first-order valence-corrected chi connectivity index (χ1v) is 8.82. The monoisotopic (exact) mass is 373 g/mol. The minimum atomic E-state index is -0.449. The number of halogens is 1. The number of hydrogen-bond donors (Lipinski definition) is 0. The van der Waals surface area contributed by atoms with Crippen LogP contribution in [0.25, 0.3) is 11.5 Å². The Kier molecular flexibility index (Phi) is 5.40. The number of carbonyl (C=O) groups excluding carboxylic acids is 1. The lowest BCUT2D eigenvalue weighted by molar-refractivity contribution is -0.128. The van der Waals surface area contributed by atoms with Crippen molar-refractivity contribution < 1.29 is 9.21 Å². The van der Waals surface area contributed by atoms with E-state index >= 15 is 0 Å². The van der Waals surface area contributed by atoms with Crippen LogP contribution in [0.1, 0.15) is 10.8 Å². The molecule has 0 spiro atoms. The summed E-state index contributed by atoms with van der Waals surface area (Å²) in [5, 5.41) is 8.66. The minimum Gasteiger partial charge on any atom is -0.411 e. The number of aromatic nitrogens is 2. The molecule has 5 nitrogen and oxygen atoms in total. The first-order chi connectivity index (χ1) is 12.0. The molecule has 7 heteroatoms. The van der Waals surface area contributed by atoms with Gasteiger partial charge < -0.3 is 9.32 Å². The van der Waals surface area contributed by atoms with E-state index in [0.29, 0.717) is 16.1 Å². The van der Waals surface area contributed by atoms with Crippen LogP contribution >= 0.6 is 23.4 Å². The lowest BCUT2D eigenvalue weighted by atomic mass is 10.1. The second-order valence-electron chi connectivity index (χ2n) is 5.52. The van der Waals surface area contributed by atoms with Crippen LogP contribution in [0.15, 0.2) is 64.2 Å². The van der Waals surface area contributed by atoms with E-state index in [1.165, 1.54) is 11.8 Å². The van der Waals surface area contributed by atoms with Crippen molar-refractivity contribution in [3.8, 4) is 11.5 Å². The third-order valence-electron chi connectivity index (χ3n) is 3.48. The molecule has 128 valence electrons. The molecule has 0 fully saturated rings. The highest BCUT2D eigenvalue weighted by Crippen LogP contribution is 2.36. The van der Waals surface area contributed by atoms with Crippen molar-refractivity contribution in [3.63, 3.8) is 0 Å². The lowest BCUT2D eigenvalue weighted by Crippen LogP contribution is -2.26. The van der Waals surface area contributed by atoms with Crippen LogP contribution in [0.2, 0.25) is 5.02 Å². The first-order valence-electron chi connectivity index (χ1n) is 7.57. The molecule has 1 amide bonds. The zero-order valence-corrected chi connectivity index (χ0v) is 15.3. The lowest BCUT2D eigenvalue weighted by Gasteiger charge is -2.18. The van der Waals surface area contributed by atoms with E-state index in [2.05, 4.69) is 10.2 Å². The predicted molar refractivity (Wildman–Crippen MR) is 98.5 cm³/mol. The van der Waals surface area contributed by atoms with Crippen LogP contribution in [0.3, 0.4) is 0 Å². The van der Waals surface area contributed by atoms with Gasteiger partial charge in [0.1, 0.15) is 5.25 Å². The molecular formula is C18H16ClN3O2S. The van der Waals surface area contributed by atoms with Crippen molar-refractivity contribution >= 4 is 29.3 Å². The molecule has 0 saturated carbocycles. The maximum absolute atomic E-state index is 12.6. The Balaban J connectivity index is 1.85. The smallest absolute Gasteiger partial charge is 0.277 e. The summed E-state index contributed by atoms with van der Waals surface area (Å²) < 4.78 is 5.72. The summed E-state index contributed by atoms with van der Waals surface area (Å²) in [6.45, 7) is 0. The average molecular weight is 374 g/mol. The van der Waals surface area contributed by atoms with Crippen molar-refractivity contribution in [1.82, 2.24) is 15.1 Å². The fourth-order valence-electron chi connectivity index (χ4n) is 2.19. The molecule has 0 unspecified atom stereocenters. The van der Waals surface area contributed by atoms with E-state index < -0.39 is 5.25 Å². The predicted octanol–water partition coefficient (Wildman–Crippen LogP) is 4.31. The third kappa shape index (κ3) is 4.21. The molecule has 0 N–H and O–H groups in total. The van der Waals surface area contributed by atoms with Gasteiger partial charge in [0.15, 0.2) is 0 Å². The highest BCUT2D eigenvalue weighted by atomic mass is 35.5. The van der Waals surface area contributed by atoms with Crippen LogP contribution in [0, 0.1) is 0 Å². The topological polar surface area (TPSA) is 59.2 Å². The first kappa shape index (κ1) is 17.5. The molecule has 3 rings (SSSR count). The number of rotatable bonds is 5. The van der Waals surface area contributed by atoms with E-state index in [1.54, 1.807) is 31.1 Å². The van der Waals surface area contributed by atoms with Crippen LogP contribution in [0.5, 0.6) is 0 Å². The standard InChI is InChI=1S/C18H16ClN3O2S/c1-22(2)17(23)15(12-6-4-3-5-7-12)25-18-21-20-16(24-18)13-8-10-14(19)11-9-13/h3-11,15H,1-2H3/t15-/m1/s1. The Morgan fingerprint density at radius 1 is 1.08 bits per heavy atom. The molecule has 2 aromatic carbocycles. The highest BCUT2D eigenvalue weighted by molar-refractivity contribution is 8.00. The van der Waals surface area contributed by atoms with Gasteiger partial charge >= 0.3 is 0 Å². The van der Waals surface area contributed by atoms with Gasteiger partial charge in [-0.2, -0.15) is 0 Å². The molecule has 25 heavy (non-hydrogen) atoms. The largest absolute Gasteiger partial charge is 0.411 e. The Morgan fingerprint density at radius 2 is 1.76 bits per heavy atom. The Hall–Kier alpha value is -2.31. The van der Waals surface area contributed by atoms with Gasteiger partial charge in [0.05, 0.1) is 0 Å². The summed E-state index contributed by atoms with van der Waals surface area (Å²) in [5.41, 5.74) is 1.66. The molecular weight excluding hydrogens is 358 g/mol. The quantitative estimate of drug-likeness (QED) is 0.623. The van der Waals surface area contributed by atoms with E-state index in [4.69, 9.17) is 16.0 Å². The number of amides is 1. The number of hydrogen-bond acceptors (Lipinski definition) is 5. The van der Waals surface area contributed by atoms with Gasteiger partial charge in [-0.15, -0.1) is 10.2 Å². The van der Waals surface area contributed by atoms with E-state index in [9.17, 15) is 4.79 Å². The summed E-state index contributed by atoms with van der Waals surface area (Å²) in [6, 6.07) is 16.7. The SMILES string of the molecule is CN(C)C(=O)[C@H](Sc1nnc(-c2ccc(Cl)cc2)o1)c1ccccc1. The maximum Gasteiger partial charge on any atom is 0.277 e. The van der Waals surface area contributed by atoms with Gasteiger partial charge in [0, 0.05) is 24.7 Å². The van der Waals surface area contributed by atoms with Gasteiger partial charge in [0.2, 0.25) is 11.8 Å². The summed E-state index contributed by atoms with van der Waals surface area (Å²) in [5.74, 6) is 0.353. The molecule has 0 aliphatic rings. The molecule has 0 aliphatic carbocycles. The minimum absolute atomic E-state index is 0.0394. The number of nitrogens with zero attached hydrogens (tertiary/aromatic N) is 3. The molecule has 0 bridgehead atoms. The summed E-state index contributed by atoms with van der Waals surface area (Å²) in [4.78, 5) is 14.1. The second kappa shape index (κ2) is 7.72. The van der Waals surface area contributed by atoms with Gasteiger partial charge in [-0.1, -0.05) is 41.9 Å². The Bertz CT molecular complexity index is 850. The van der Waals surface area contributed by atoms with Gasteiger partial charge in [-0.05, 0) is 41.6 Å². The third-order valence-corrected chi connectivity index (χ3v) is 4.81. The van der Waals surface area contributed by atoms with Gasteiger partial charge in [-0.3, -0.25) is 4.79 Å². The van der Waals surface area contributed by atoms with Gasteiger partial charge in [-0.25, -0.2) is 0 Å². The van der Waals surface area contributed by atoms with Crippen molar-refractivity contribution in [2.45, 2.75) is 10.5 Å².